The van der Waals surface area contributed by atoms with E-state index in [1.54, 1.807) is 31.4 Å². The zero-order valence-electron chi connectivity index (χ0n) is 15.2. The summed E-state index contributed by atoms with van der Waals surface area (Å²) in [5.74, 6) is 1.14. The summed E-state index contributed by atoms with van der Waals surface area (Å²) in [6.45, 7) is 4.02. The third-order valence-electron chi connectivity index (χ3n) is 4.59. The number of phenols is 2. The lowest BCUT2D eigenvalue weighted by Crippen LogP contribution is -2.20. The molecule has 3 N–H and O–H groups in total. The summed E-state index contributed by atoms with van der Waals surface area (Å²) in [5.41, 5.74) is 3.20. The molecule has 0 saturated carbocycles. The van der Waals surface area contributed by atoms with Gasteiger partial charge in [0.05, 0.1) is 18.8 Å². The Hall–Kier alpha value is -2.66. The number of ether oxygens (including phenoxy) is 2. The lowest BCUT2D eigenvalue weighted by Gasteiger charge is -2.32. The summed E-state index contributed by atoms with van der Waals surface area (Å²) >= 11 is 0. The van der Waals surface area contributed by atoms with Crippen molar-refractivity contribution in [1.29, 1.82) is 0 Å². The van der Waals surface area contributed by atoms with Gasteiger partial charge >= 0.3 is 0 Å². The fourth-order valence-electron chi connectivity index (χ4n) is 3.22. The van der Waals surface area contributed by atoms with E-state index in [9.17, 15) is 15.3 Å². The molecule has 2 aromatic carbocycles. The molecule has 1 heterocycles. The zero-order chi connectivity index (χ0) is 18.8. The number of rotatable bonds is 4. The highest BCUT2D eigenvalue weighted by molar-refractivity contribution is 5.59. The standard InChI is InChI=1S/C21H24O5/c1-12(2)4-9-15-19(25-3)11-17(24)20-16(23)10-18(26-21(15)20)13-5-7-14(22)8-6-13/h4-8,11,16,18,22-24H,9-10H2,1-3H3/t16-,18+/m1/s1. The van der Waals surface area contributed by atoms with Gasteiger partial charge in [0.1, 0.15) is 29.1 Å². The van der Waals surface area contributed by atoms with Crippen molar-refractivity contribution in [2.75, 3.05) is 7.11 Å². The van der Waals surface area contributed by atoms with Gasteiger partial charge < -0.3 is 24.8 Å². The predicted molar refractivity (Wildman–Crippen MR) is 98.8 cm³/mol. The number of allylic oxidation sites excluding steroid dienone is 2. The van der Waals surface area contributed by atoms with Gasteiger partial charge in [-0.1, -0.05) is 23.8 Å². The second-order valence-electron chi connectivity index (χ2n) is 6.75. The zero-order valence-corrected chi connectivity index (χ0v) is 15.2. The highest BCUT2D eigenvalue weighted by atomic mass is 16.5. The Morgan fingerprint density at radius 3 is 2.54 bits per heavy atom. The van der Waals surface area contributed by atoms with Crippen LogP contribution in [0.25, 0.3) is 0 Å². The molecule has 138 valence electrons. The van der Waals surface area contributed by atoms with Gasteiger partial charge in [0.15, 0.2) is 0 Å². The average Bonchev–Trinajstić information content (AvgIpc) is 2.60. The van der Waals surface area contributed by atoms with Crippen molar-refractivity contribution >= 4 is 0 Å². The molecule has 0 amide bonds. The van der Waals surface area contributed by atoms with Crippen LogP contribution in [0.5, 0.6) is 23.0 Å². The molecule has 0 aromatic heterocycles. The van der Waals surface area contributed by atoms with E-state index >= 15 is 0 Å². The SMILES string of the molecule is COc1cc(O)c2c(c1CC=C(C)C)O[C@H](c1ccc(O)cc1)C[C@H]2O. The van der Waals surface area contributed by atoms with Crippen molar-refractivity contribution in [1.82, 2.24) is 0 Å². The van der Waals surface area contributed by atoms with Crippen LogP contribution in [0.1, 0.15) is 49.2 Å². The maximum atomic E-state index is 10.6. The number of hydrogen-bond acceptors (Lipinski definition) is 5. The number of hydrogen-bond donors (Lipinski definition) is 3. The Morgan fingerprint density at radius 1 is 1.23 bits per heavy atom. The first-order chi connectivity index (χ1) is 12.4. The van der Waals surface area contributed by atoms with Gasteiger partial charge in [-0.25, -0.2) is 0 Å². The van der Waals surface area contributed by atoms with Crippen molar-refractivity contribution in [2.45, 2.75) is 38.9 Å². The van der Waals surface area contributed by atoms with E-state index in [1.807, 2.05) is 13.8 Å². The van der Waals surface area contributed by atoms with Gasteiger partial charge in [0.25, 0.3) is 0 Å². The lowest BCUT2D eigenvalue weighted by atomic mass is 9.91. The molecule has 5 nitrogen and oxygen atoms in total. The molecule has 0 spiro atoms. The van der Waals surface area contributed by atoms with Crippen LogP contribution in [0.4, 0.5) is 0 Å². The van der Waals surface area contributed by atoms with Crippen LogP contribution in [0.15, 0.2) is 42.0 Å². The number of methoxy groups -OCH3 is 1. The lowest BCUT2D eigenvalue weighted by molar-refractivity contribution is 0.0623. The first kappa shape index (κ1) is 18.1. The van der Waals surface area contributed by atoms with Crippen LogP contribution in [0, 0.1) is 0 Å². The molecule has 0 aliphatic carbocycles. The predicted octanol–water partition coefficient (Wildman–Crippen LogP) is 4.17. The number of fused-ring (bicyclic) bond motifs is 1. The summed E-state index contributed by atoms with van der Waals surface area (Å²) < 4.78 is 11.6. The van der Waals surface area contributed by atoms with E-state index < -0.39 is 6.10 Å². The molecule has 0 unspecified atom stereocenters. The Kier molecular flexibility index (Phi) is 5.09. The molecule has 2 atom stereocenters. The van der Waals surface area contributed by atoms with Crippen LogP contribution in [-0.2, 0) is 6.42 Å². The molecular formula is C21H24O5. The first-order valence-electron chi connectivity index (χ1n) is 8.60. The van der Waals surface area contributed by atoms with Crippen molar-refractivity contribution in [3.05, 3.63) is 58.7 Å². The van der Waals surface area contributed by atoms with Gasteiger partial charge in [-0.05, 0) is 38.0 Å². The number of aromatic hydroxyl groups is 2. The van der Waals surface area contributed by atoms with Gasteiger partial charge in [0, 0.05) is 18.1 Å². The molecule has 1 aliphatic heterocycles. The molecule has 3 rings (SSSR count). The maximum absolute atomic E-state index is 10.6. The fraction of sp³-hybridized carbons (Fsp3) is 0.333. The second-order valence-corrected chi connectivity index (χ2v) is 6.75. The van der Waals surface area contributed by atoms with E-state index in [2.05, 4.69) is 6.08 Å². The number of phenolic OH excluding ortho intramolecular Hbond substituents is 2. The smallest absolute Gasteiger partial charge is 0.136 e. The largest absolute Gasteiger partial charge is 0.508 e. The summed E-state index contributed by atoms with van der Waals surface area (Å²) in [6.07, 6.45) is 1.71. The van der Waals surface area contributed by atoms with Crippen molar-refractivity contribution in [3.63, 3.8) is 0 Å². The van der Waals surface area contributed by atoms with Crippen molar-refractivity contribution in [3.8, 4) is 23.0 Å². The van der Waals surface area contributed by atoms with E-state index in [1.165, 1.54) is 6.07 Å². The van der Waals surface area contributed by atoms with Crippen molar-refractivity contribution in [2.24, 2.45) is 0 Å². The maximum Gasteiger partial charge on any atom is 0.136 e. The molecule has 5 heteroatoms. The van der Waals surface area contributed by atoms with Crippen LogP contribution < -0.4 is 9.47 Å². The first-order valence-corrected chi connectivity index (χ1v) is 8.60. The van der Waals surface area contributed by atoms with Crippen LogP contribution in [-0.4, -0.2) is 22.4 Å². The molecule has 0 bridgehead atoms. The van der Waals surface area contributed by atoms with Crippen molar-refractivity contribution < 1.29 is 24.8 Å². The van der Waals surface area contributed by atoms with Crippen LogP contribution >= 0.6 is 0 Å². The van der Waals surface area contributed by atoms with Gasteiger partial charge in [-0.15, -0.1) is 0 Å². The summed E-state index contributed by atoms with van der Waals surface area (Å²) in [7, 11) is 1.55. The number of aliphatic hydroxyl groups is 1. The van der Waals surface area contributed by atoms with Gasteiger partial charge in [0.2, 0.25) is 0 Å². The Labute approximate surface area is 153 Å². The van der Waals surface area contributed by atoms with E-state index in [-0.39, 0.29) is 17.6 Å². The normalized spacial score (nSPS) is 18.6. The summed E-state index contributed by atoms with van der Waals surface area (Å²) in [4.78, 5) is 0. The molecule has 2 aromatic rings. The topological polar surface area (TPSA) is 79.2 Å². The number of benzene rings is 2. The third kappa shape index (κ3) is 3.48. The Morgan fingerprint density at radius 2 is 1.92 bits per heavy atom. The fourth-order valence-corrected chi connectivity index (χ4v) is 3.22. The van der Waals surface area contributed by atoms with E-state index in [0.29, 0.717) is 29.9 Å². The molecule has 26 heavy (non-hydrogen) atoms. The molecular weight excluding hydrogens is 332 g/mol. The summed E-state index contributed by atoms with van der Waals surface area (Å²) in [6, 6.07) is 8.25. The second kappa shape index (κ2) is 7.30. The highest BCUT2D eigenvalue weighted by Gasteiger charge is 2.33. The van der Waals surface area contributed by atoms with Gasteiger partial charge in [-0.3, -0.25) is 0 Å². The van der Waals surface area contributed by atoms with Crippen LogP contribution in [0.2, 0.25) is 0 Å². The minimum atomic E-state index is -0.853. The molecule has 0 radical (unpaired) electrons. The number of aliphatic hydroxyl groups excluding tert-OH is 1. The Bertz CT molecular complexity index is 819. The average molecular weight is 356 g/mol. The summed E-state index contributed by atoms with van der Waals surface area (Å²) in [5, 5.41) is 30.5. The molecule has 1 aliphatic rings. The molecule has 0 saturated heterocycles. The Balaban J connectivity index is 2.08. The van der Waals surface area contributed by atoms with E-state index in [4.69, 9.17) is 9.47 Å². The van der Waals surface area contributed by atoms with Crippen LogP contribution in [0.3, 0.4) is 0 Å². The van der Waals surface area contributed by atoms with Gasteiger partial charge in [-0.2, -0.15) is 0 Å². The molecule has 0 fully saturated rings. The highest BCUT2D eigenvalue weighted by Crippen LogP contribution is 2.50. The quantitative estimate of drug-likeness (QED) is 0.717. The minimum Gasteiger partial charge on any atom is -0.508 e. The monoisotopic (exact) mass is 356 g/mol. The minimum absolute atomic E-state index is 0.0329. The third-order valence-corrected chi connectivity index (χ3v) is 4.59. The van der Waals surface area contributed by atoms with E-state index in [0.717, 1.165) is 16.7 Å².